The summed E-state index contributed by atoms with van der Waals surface area (Å²) < 4.78 is 0. The van der Waals surface area contributed by atoms with E-state index in [1.807, 2.05) is 13.8 Å². The van der Waals surface area contributed by atoms with Gasteiger partial charge < -0.3 is 11.1 Å². The maximum atomic E-state index is 12.0. The number of nitrogens with two attached hydrogens (primary N) is 1. The Bertz CT molecular complexity index is 428. The van der Waals surface area contributed by atoms with Gasteiger partial charge in [0.2, 0.25) is 5.91 Å². The molecule has 1 aliphatic carbocycles. The third kappa shape index (κ3) is 5.01. The van der Waals surface area contributed by atoms with Crippen molar-refractivity contribution < 1.29 is 4.79 Å². The van der Waals surface area contributed by atoms with E-state index in [1.54, 1.807) is 0 Å². The smallest absolute Gasteiger partial charge is 0.224 e. The largest absolute Gasteiger partial charge is 0.353 e. The van der Waals surface area contributed by atoms with E-state index in [2.05, 4.69) is 35.6 Å². The maximum Gasteiger partial charge on any atom is 0.224 e. The predicted octanol–water partition coefficient (Wildman–Crippen LogP) is 3.23. The fourth-order valence-electron chi connectivity index (χ4n) is 2.87. The summed E-state index contributed by atoms with van der Waals surface area (Å²) in [4.78, 5) is 12.0. The van der Waals surface area contributed by atoms with Gasteiger partial charge in [0.05, 0.1) is 0 Å². The number of carbonyl (C=O) groups excluding carboxylic acids is 1. The Morgan fingerprint density at radius 3 is 2.24 bits per heavy atom. The predicted molar refractivity (Wildman–Crippen MR) is 89.6 cm³/mol. The van der Waals surface area contributed by atoms with Crippen molar-refractivity contribution in [2.45, 2.75) is 57.5 Å². The summed E-state index contributed by atoms with van der Waals surface area (Å²) in [7, 11) is 0. The van der Waals surface area contributed by atoms with Gasteiger partial charge in [0.25, 0.3) is 0 Å². The van der Waals surface area contributed by atoms with Crippen LogP contribution in [0.5, 0.6) is 0 Å². The highest BCUT2D eigenvalue weighted by molar-refractivity contribution is 5.85. The lowest BCUT2D eigenvalue weighted by Crippen LogP contribution is -2.44. The van der Waals surface area contributed by atoms with Crippen LogP contribution in [0.15, 0.2) is 30.3 Å². The van der Waals surface area contributed by atoms with E-state index in [0.717, 1.165) is 25.7 Å². The van der Waals surface area contributed by atoms with Gasteiger partial charge in [-0.2, -0.15) is 0 Å². The summed E-state index contributed by atoms with van der Waals surface area (Å²) in [6, 6.07) is 10.9. The van der Waals surface area contributed by atoms with E-state index >= 15 is 0 Å². The zero-order valence-corrected chi connectivity index (χ0v) is 13.7. The molecule has 1 amide bonds. The van der Waals surface area contributed by atoms with Crippen LogP contribution in [0, 0.1) is 5.92 Å². The van der Waals surface area contributed by atoms with Crippen molar-refractivity contribution in [1.29, 1.82) is 0 Å². The highest BCUT2D eigenvalue weighted by atomic mass is 35.5. The lowest BCUT2D eigenvalue weighted by atomic mass is 9.81. The van der Waals surface area contributed by atoms with Gasteiger partial charge in [-0.1, -0.05) is 37.3 Å². The van der Waals surface area contributed by atoms with Crippen molar-refractivity contribution in [3.05, 3.63) is 35.9 Å². The normalized spacial score (nSPS) is 24.5. The van der Waals surface area contributed by atoms with E-state index < -0.39 is 0 Å². The molecule has 2 unspecified atom stereocenters. The van der Waals surface area contributed by atoms with E-state index in [1.165, 1.54) is 5.56 Å². The number of halogens is 1. The molecule has 0 spiro atoms. The topological polar surface area (TPSA) is 55.1 Å². The Hall–Kier alpha value is -1.06. The summed E-state index contributed by atoms with van der Waals surface area (Å²) in [5.74, 6) is 0.639. The van der Waals surface area contributed by atoms with E-state index in [0.29, 0.717) is 12.0 Å². The van der Waals surface area contributed by atoms with E-state index in [9.17, 15) is 4.79 Å². The summed E-state index contributed by atoms with van der Waals surface area (Å²) in [5.41, 5.74) is 7.21. The molecule has 1 aliphatic rings. The Balaban J connectivity index is 0.00000220. The van der Waals surface area contributed by atoms with Crippen LogP contribution in [0.4, 0.5) is 0 Å². The minimum absolute atomic E-state index is 0. The van der Waals surface area contributed by atoms with Crippen molar-refractivity contribution in [3.8, 4) is 0 Å². The van der Waals surface area contributed by atoms with Crippen molar-refractivity contribution in [2.75, 3.05) is 0 Å². The van der Waals surface area contributed by atoms with Gasteiger partial charge in [0.1, 0.15) is 0 Å². The zero-order chi connectivity index (χ0) is 14.5. The molecule has 1 fully saturated rings. The lowest BCUT2D eigenvalue weighted by molar-refractivity contribution is -0.125. The number of hydrogen-bond acceptors (Lipinski definition) is 2. The van der Waals surface area contributed by atoms with Crippen molar-refractivity contribution in [3.63, 3.8) is 0 Å². The molecule has 3 N–H and O–H groups in total. The fraction of sp³-hybridized carbons (Fsp3) is 0.588. The van der Waals surface area contributed by atoms with Crippen molar-refractivity contribution >= 4 is 18.3 Å². The van der Waals surface area contributed by atoms with Crippen LogP contribution in [0.25, 0.3) is 0 Å². The van der Waals surface area contributed by atoms with Crippen molar-refractivity contribution in [2.24, 2.45) is 11.7 Å². The number of amides is 1. The molecular weight excluding hydrogens is 284 g/mol. The Kier molecular flexibility index (Phi) is 7.20. The number of carbonyl (C=O) groups is 1. The van der Waals surface area contributed by atoms with Gasteiger partial charge in [-0.15, -0.1) is 12.4 Å². The molecule has 1 aromatic rings. The Labute approximate surface area is 134 Å². The molecule has 3 nitrogen and oxygen atoms in total. The molecule has 0 saturated heterocycles. The average molecular weight is 311 g/mol. The third-order valence-electron chi connectivity index (χ3n) is 4.55. The van der Waals surface area contributed by atoms with E-state index in [4.69, 9.17) is 5.73 Å². The molecule has 1 saturated carbocycles. The third-order valence-corrected chi connectivity index (χ3v) is 4.55. The highest BCUT2D eigenvalue weighted by Crippen LogP contribution is 2.32. The summed E-state index contributed by atoms with van der Waals surface area (Å²) in [5, 5.41) is 3.15. The van der Waals surface area contributed by atoms with Gasteiger partial charge in [-0.05, 0) is 44.1 Å². The second-order valence-corrected chi connectivity index (χ2v) is 6.12. The molecule has 2 atom stereocenters. The summed E-state index contributed by atoms with van der Waals surface area (Å²) >= 11 is 0. The van der Waals surface area contributed by atoms with Crippen LogP contribution < -0.4 is 11.1 Å². The number of rotatable bonds is 4. The van der Waals surface area contributed by atoms with Crippen LogP contribution in [0.3, 0.4) is 0 Å². The van der Waals surface area contributed by atoms with Crippen LogP contribution in [0.1, 0.15) is 51.0 Å². The van der Waals surface area contributed by atoms with Gasteiger partial charge >= 0.3 is 0 Å². The first-order chi connectivity index (χ1) is 9.58. The first-order valence-electron chi connectivity index (χ1n) is 7.69. The minimum Gasteiger partial charge on any atom is -0.353 e. The molecule has 1 aromatic carbocycles. The minimum atomic E-state index is -0.109. The van der Waals surface area contributed by atoms with Gasteiger partial charge in [0, 0.05) is 18.0 Å². The maximum absolute atomic E-state index is 12.0. The first kappa shape index (κ1) is 18.0. The number of nitrogens with one attached hydrogen (secondary N) is 1. The van der Waals surface area contributed by atoms with Gasteiger partial charge in [-0.3, -0.25) is 4.79 Å². The molecule has 0 heterocycles. The average Bonchev–Trinajstić information content (AvgIpc) is 2.48. The summed E-state index contributed by atoms with van der Waals surface area (Å²) in [6.07, 6.45) is 4.44. The van der Waals surface area contributed by atoms with E-state index in [-0.39, 0.29) is 30.3 Å². The first-order valence-corrected chi connectivity index (χ1v) is 7.69. The molecule has 0 aliphatic heterocycles. The SMILES string of the molecule is CC(N)C(C)C(=O)NC1CCC(c2ccccc2)CC1.Cl. The Morgan fingerprint density at radius 2 is 1.71 bits per heavy atom. The monoisotopic (exact) mass is 310 g/mol. The quantitative estimate of drug-likeness (QED) is 0.897. The molecule has 21 heavy (non-hydrogen) atoms. The van der Waals surface area contributed by atoms with Crippen LogP contribution in [-0.4, -0.2) is 18.0 Å². The molecule has 0 aromatic heterocycles. The molecular formula is C17H27ClN2O. The van der Waals surface area contributed by atoms with Crippen molar-refractivity contribution in [1.82, 2.24) is 5.32 Å². The zero-order valence-electron chi connectivity index (χ0n) is 12.9. The lowest BCUT2D eigenvalue weighted by Gasteiger charge is -2.30. The summed E-state index contributed by atoms with van der Waals surface area (Å²) in [6.45, 7) is 3.78. The number of hydrogen-bond donors (Lipinski definition) is 2. The molecule has 2 rings (SSSR count). The highest BCUT2D eigenvalue weighted by Gasteiger charge is 2.25. The molecule has 0 bridgehead atoms. The molecule has 0 radical (unpaired) electrons. The fourth-order valence-corrected chi connectivity index (χ4v) is 2.87. The number of benzene rings is 1. The standard InChI is InChI=1S/C17H26N2O.ClH/c1-12(13(2)18)17(20)19-16-10-8-15(9-11-16)14-6-4-3-5-7-14;/h3-7,12-13,15-16H,8-11,18H2,1-2H3,(H,19,20);1H. The van der Waals surface area contributed by atoms with Crippen LogP contribution in [0.2, 0.25) is 0 Å². The molecule has 4 heteroatoms. The van der Waals surface area contributed by atoms with Gasteiger partial charge in [-0.25, -0.2) is 0 Å². The van der Waals surface area contributed by atoms with Crippen LogP contribution in [-0.2, 0) is 4.79 Å². The van der Waals surface area contributed by atoms with Crippen LogP contribution >= 0.6 is 12.4 Å². The van der Waals surface area contributed by atoms with Gasteiger partial charge in [0.15, 0.2) is 0 Å². The Morgan fingerprint density at radius 1 is 1.14 bits per heavy atom. The second-order valence-electron chi connectivity index (χ2n) is 6.12. The second kappa shape index (κ2) is 8.40. The molecule has 118 valence electrons.